The van der Waals surface area contributed by atoms with E-state index in [-0.39, 0.29) is 0 Å². The van der Waals surface area contributed by atoms with Crippen molar-refractivity contribution in [1.29, 1.82) is 0 Å². The van der Waals surface area contributed by atoms with Gasteiger partial charge in [0.15, 0.2) is 0 Å². The summed E-state index contributed by atoms with van der Waals surface area (Å²) in [5, 5.41) is 0. The first-order valence-electron chi connectivity index (χ1n) is 4.84. The van der Waals surface area contributed by atoms with Gasteiger partial charge in [0, 0.05) is 32.2 Å². The Morgan fingerprint density at radius 1 is 1.46 bits per heavy atom. The average Bonchev–Trinajstić information content (AvgIpc) is 2.65. The van der Waals surface area contributed by atoms with Gasteiger partial charge in [-0.15, -0.1) is 0 Å². The third-order valence-electron chi connectivity index (χ3n) is 2.22. The molecule has 1 rings (SSSR count). The summed E-state index contributed by atoms with van der Waals surface area (Å²) >= 11 is 0. The molecule has 0 amide bonds. The standard InChI is InChI=1S/C10H18N2O/c1-3-4-10(5-8-13-2)12-7-6-11-9-12/h6-7,9-10H,3-5,8H2,1-2H3. The van der Waals surface area contributed by atoms with Crippen molar-refractivity contribution < 1.29 is 4.74 Å². The molecule has 1 unspecified atom stereocenters. The van der Waals surface area contributed by atoms with Crippen molar-refractivity contribution in [3.05, 3.63) is 18.7 Å². The predicted molar refractivity (Wildman–Crippen MR) is 52.7 cm³/mol. The maximum atomic E-state index is 5.08. The van der Waals surface area contributed by atoms with Gasteiger partial charge in [-0.25, -0.2) is 4.98 Å². The number of aromatic nitrogens is 2. The zero-order chi connectivity index (χ0) is 9.52. The fourth-order valence-corrected chi connectivity index (χ4v) is 1.52. The van der Waals surface area contributed by atoms with Crippen molar-refractivity contribution >= 4 is 0 Å². The molecule has 1 aromatic heterocycles. The summed E-state index contributed by atoms with van der Waals surface area (Å²) in [6.45, 7) is 3.03. The fraction of sp³-hybridized carbons (Fsp3) is 0.700. The summed E-state index contributed by atoms with van der Waals surface area (Å²) in [6.07, 6.45) is 9.20. The van der Waals surface area contributed by atoms with Crippen molar-refractivity contribution in [3.8, 4) is 0 Å². The topological polar surface area (TPSA) is 27.1 Å². The predicted octanol–water partition coefficient (Wildman–Crippen LogP) is 2.26. The highest BCUT2D eigenvalue weighted by Crippen LogP contribution is 2.17. The van der Waals surface area contributed by atoms with Crippen LogP contribution in [0.25, 0.3) is 0 Å². The van der Waals surface area contributed by atoms with Crippen LogP contribution in [0.1, 0.15) is 32.2 Å². The molecule has 0 bridgehead atoms. The zero-order valence-corrected chi connectivity index (χ0v) is 8.44. The van der Waals surface area contributed by atoms with E-state index in [1.165, 1.54) is 12.8 Å². The molecule has 13 heavy (non-hydrogen) atoms. The molecular weight excluding hydrogens is 164 g/mol. The highest BCUT2D eigenvalue weighted by molar-refractivity contribution is 4.80. The van der Waals surface area contributed by atoms with Crippen LogP contribution in [-0.4, -0.2) is 23.3 Å². The van der Waals surface area contributed by atoms with Crippen LogP contribution in [0.4, 0.5) is 0 Å². The van der Waals surface area contributed by atoms with Crippen LogP contribution in [0.15, 0.2) is 18.7 Å². The first kappa shape index (κ1) is 10.3. The Bertz CT molecular complexity index is 209. The summed E-state index contributed by atoms with van der Waals surface area (Å²) in [5.74, 6) is 0. The van der Waals surface area contributed by atoms with Crippen molar-refractivity contribution in [1.82, 2.24) is 9.55 Å². The van der Waals surface area contributed by atoms with Crippen molar-refractivity contribution in [3.63, 3.8) is 0 Å². The Hall–Kier alpha value is -0.830. The second-order valence-corrected chi connectivity index (χ2v) is 3.23. The number of hydrogen-bond acceptors (Lipinski definition) is 2. The summed E-state index contributed by atoms with van der Waals surface area (Å²) < 4.78 is 7.25. The first-order valence-corrected chi connectivity index (χ1v) is 4.84. The molecule has 1 atom stereocenters. The van der Waals surface area contributed by atoms with Crippen molar-refractivity contribution in [2.45, 2.75) is 32.2 Å². The Balaban J connectivity index is 2.47. The van der Waals surface area contributed by atoms with Crippen LogP contribution in [0.3, 0.4) is 0 Å². The maximum absolute atomic E-state index is 5.08. The largest absolute Gasteiger partial charge is 0.385 e. The lowest BCUT2D eigenvalue weighted by Crippen LogP contribution is -2.09. The van der Waals surface area contributed by atoms with Gasteiger partial charge < -0.3 is 9.30 Å². The molecule has 0 aliphatic carbocycles. The number of nitrogens with zero attached hydrogens (tertiary/aromatic N) is 2. The van der Waals surface area contributed by atoms with E-state index >= 15 is 0 Å². The highest BCUT2D eigenvalue weighted by Gasteiger charge is 2.08. The monoisotopic (exact) mass is 182 g/mol. The summed E-state index contributed by atoms with van der Waals surface area (Å²) in [6, 6.07) is 0.549. The van der Waals surface area contributed by atoms with E-state index in [9.17, 15) is 0 Å². The van der Waals surface area contributed by atoms with Crippen LogP contribution in [0, 0.1) is 0 Å². The van der Waals surface area contributed by atoms with Crippen LogP contribution in [0.2, 0.25) is 0 Å². The molecule has 3 nitrogen and oxygen atoms in total. The molecule has 0 aromatic carbocycles. The average molecular weight is 182 g/mol. The molecule has 3 heteroatoms. The third-order valence-corrected chi connectivity index (χ3v) is 2.22. The molecule has 0 aliphatic heterocycles. The SMILES string of the molecule is CCCC(CCOC)n1ccnc1. The third kappa shape index (κ3) is 3.19. The Kier molecular flexibility index (Phi) is 4.54. The summed E-state index contributed by atoms with van der Waals surface area (Å²) in [5.41, 5.74) is 0. The lowest BCUT2D eigenvalue weighted by molar-refractivity contribution is 0.175. The van der Waals surface area contributed by atoms with E-state index in [0.29, 0.717) is 6.04 Å². The van der Waals surface area contributed by atoms with Gasteiger partial charge in [-0.2, -0.15) is 0 Å². The van der Waals surface area contributed by atoms with Gasteiger partial charge in [-0.05, 0) is 12.8 Å². The second kappa shape index (κ2) is 5.75. The van der Waals surface area contributed by atoms with E-state index in [1.807, 2.05) is 18.7 Å². The smallest absolute Gasteiger partial charge is 0.0948 e. The van der Waals surface area contributed by atoms with Crippen molar-refractivity contribution in [2.75, 3.05) is 13.7 Å². The minimum Gasteiger partial charge on any atom is -0.385 e. The van der Waals surface area contributed by atoms with Crippen LogP contribution in [0.5, 0.6) is 0 Å². The maximum Gasteiger partial charge on any atom is 0.0948 e. The molecule has 0 spiro atoms. The zero-order valence-electron chi connectivity index (χ0n) is 8.44. The molecule has 0 saturated heterocycles. The van der Waals surface area contributed by atoms with E-state index < -0.39 is 0 Å². The Labute approximate surface area is 79.7 Å². The van der Waals surface area contributed by atoms with Gasteiger partial charge in [0.2, 0.25) is 0 Å². The molecule has 0 aliphatic rings. The number of methoxy groups -OCH3 is 1. The van der Waals surface area contributed by atoms with Gasteiger partial charge in [0.05, 0.1) is 6.33 Å². The summed E-state index contributed by atoms with van der Waals surface area (Å²) in [7, 11) is 1.75. The van der Waals surface area contributed by atoms with Gasteiger partial charge in [0.25, 0.3) is 0 Å². The number of imidazole rings is 1. The van der Waals surface area contributed by atoms with Gasteiger partial charge >= 0.3 is 0 Å². The molecular formula is C10H18N2O. The van der Waals surface area contributed by atoms with Crippen LogP contribution >= 0.6 is 0 Å². The highest BCUT2D eigenvalue weighted by atomic mass is 16.5. The van der Waals surface area contributed by atoms with Gasteiger partial charge in [-0.1, -0.05) is 13.3 Å². The fourth-order valence-electron chi connectivity index (χ4n) is 1.52. The van der Waals surface area contributed by atoms with E-state index in [1.54, 1.807) is 7.11 Å². The molecule has 1 aromatic rings. The normalized spacial score (nSPS) is 13.1. The Morgan fingerprint density at radius 3 is 2.85 bits per heavy atom. The quantitative estimate of drug-likeness (QED) is 0.674. The van der Waals surface area contributed by atoms with E-state index in [4.69, 9.17) is 4.74 Å². The van der Waals surface area contributed by atoms with Crippen molar-refractivity contribution in [2.24, 2.45) is 0 Å². The molecule has 0 N–H and O–H groups in total. The molecule has 0 radical (unpaired) electrons. The van der Waals surface area contributed by atoms with E-state index in [0.717, 1.165) is 13.0 Å². The minimum atomic E-state index is 0.549. The van der Waals surface area contributed by atoms with Crippen LogP contribution < -0.4 is 0 Å². The van der Waals surface area contributed by atoms with Gasteiger partial charge in [-0.3, -0.25) is 0 Å². The lowest BCUT2D eigenvalue weighted by atomic mass is 10.1. The first-order chi connectivity index (χ1) is 6.38. The van der Waals surface area contributed by atoms with Gasteiger partial charge in [0.1, 0.15) is 0 Å². The molecule has 74 valence electrons. The molecule has 0 fully saturated rings. The number of ether oxygens (including phenoxy) is 1. The number of hydrogen-bond donors (Lipinski definition) is 0. The van der Waals surface area contributed by atoms with Crippen LogP contribution in [-0.2, 0) is 4.74 Å². The summed E-state index contributed by atoms with van der Waals surface area (Å²) in [4.78, 5) is 4.06. The lowest BCUT2D eigenvalue weighted by Gasteiger charge is -2.16. The number of rotatable bonds is 6. The Morgan fingerprint density at radius 2 is 2.31 bits per heavy atom. The molecule has 1 heterocycles. The minimum absolute atomic E-state index is 0.549. The second-order valence-electron chi connectivity index (χ2n) is 3.23. The molecule has 0 saturated carbocycles. The van der Waals surface area contributed by atoms with E-state index in [2.05, 4.69) is 16.5 Å².